The Labute approximate surface area is 91.7 Å². The fourth-order valence-electron chi connectivity index (χ4n) is 2.71. The molecule has 0 bridgehead atoms. The van der Waals surface area contributed by atoms with Crippen molar-refractivity contribution in [2.45, 2.75) is 45.1 Å². The van der Waals surface area contributed by atoms with E-state index in [1.54, 1.807) is 0 Å². The molecule has 3 heteroatoms. The summed E-state index contributed by atoms with van der Waals surface area (Å²) in [7, 11) is 1.96. The number of hydrogen-bond acceptors (Lipinski definition) is 2. The lowest BCUT2D eigenvalue weighted by atomic mass is 9.95. The molecule has 1 atom stereocenters. The minimum Gasteiger partial charge on any atom is -0.324 e. The Bertz CT molecular complexity index is 324. The second-order valence-corrected chi connectivity index (χ2v) is 4.84. The number of nitrogens with zero attached hydrogens (tertiary/aromatic N) is 2. The summed E-state index contributed by atoms with van der Waals surface area (Å²) in [6.07, 6.45) is 8.72. The zero-order valence-electron chi connectivity index (χ0n) is 9.74. The van der Waals surface area contributed by atoms with Crippen molar-refractivity contribution >= 4 is 0 Å². The van der Waals surface area contributed by atoms with Crippen molar-refractivity contribution in [2.75, 3.05) is 0 Å². The molecule has 15 heavy (non-hydrogen) atoms. The van der Waals surface area contributed by atoms with Crippen LogP contribution in [-0.4, -0.2) is 9.78 Å². The molecule has 1 heterocycles. The largest absolute Gasteiger partial charge is 0.324 e. The van der Waals surface area contributed by atoms with Crippen LogP contribution in [0.25, 0.3) is 0 Å². The van der Waals surface area contributed by atoms with Gasteiger partial charge >= 0.3 is 0 Å². The van der Waals surface area contributed by atoms with Gasteiger partial charge in [-0.15, -0.1) is 0 Å². The fraction of sp³-hybridized carbons (Fsp3) is 0.750. The minimum atomic E-state index is 0.182. The molecule has 0 aliphatic heterocycles. The van der Waals surface area contributed by atoms with Crippen LogP contribution in [0.2, 0.25) is 0 Å². The Morgan fingerprint density at radius 2 is 2.20 bits per heavy atom. The predicted molar refractivity (Wildman–Crippen MR) is 61.4 cm³/mol. The van der Waals surface area contributed by atoms with Gasteiger partial charge in [-0.1, -0.05) is 25.7 Å². The number of aromatic nitrogens is 2. The first-order valence-corrected chi connectivity index (χ1v) is 5.92. The van der Waals surface area contributed by atoms with E-state index in [1.165, 1.54) is 31.2 Å². The minimum absolute atomic E-state index is 0.182. The molecule has 2 N–H and O–H groups in total. The van der Waals surface area contributed by atoms with E-state index in [4.69, 9.17) is 5.73 Å². The van der Waals surface area contributed by atoms with Crippen molar-refractivity contribution in [2.24, 2.45) is 18.7 Å². The second kappa shape index (κ2) is 4.35. The monoisotopic (exact) mass is 207 g/mol. The maximum Gasteiger partial charge on any atom is 0.0641 e. The molecule has 0 saturated heterocycles. The highest BCUT2D eigenvalue weighted by Crippen LogP contribution is 2.32. The summed E-state index contributed by atoms with van der Waals surface area (Å²) in [4.78, 5) is 0. The van der Waals surface area contributed by atoms with Crippen molar-refractivity contribution in [1.82, 2.24) is 9.78 Å². The SMILES string of the molecule is Cc1nn(C)cc1C(N)CC1CCCC1. The summed E-state index contributed by atoms with van der Waals surface area (Å²) in [6, 6.07) is 0.182. The highest BCUT2D eigenvalue weighted by Gasteiger charge is 2.20. The second-order valence-electron chi connectivity index (χ2n) is 4.84. The van der Waals surface area contributed by atoms with Crippen LogP contribution in [-0.2, 0) is 7.05 Å². The third kappa shape index (κ3) is 2.40. The molecule has 0 aromatic carbocycles. The first-order chi connectivity index (χ1) is 7.16. The molecule has 1 saturated carbocycles. The lowest BCUT2D eigenvalue weighted by Gasteiger charge is -2.15. The van der Waals surface area contributed by atoms with Gasteiger partial charge in [0, 0.05) is 24.8 Å². The molecule has 1 aliphatic rings. The van der Waals surface area contributed by atoms with Gasteiger partial charge in [0.25, 0.3) is 0 Å². The first kappa shape index (κ1) is 10.7. The smallest absolute Gasteiger partial charge is 0.0641 e. The molecule has 0 radical (unpaired) electrons. The Morgan fingerprint density at radius 1 is 1.53 bits per heavy atom. The average molecular weight is 207 g/mol. The number of aryl methyl sites for hydroxylation is 2. The van der Waals surface area contributed by atoms with Crippen molar-refractivity contribution < 1.29 is 0 Å². The molecule has 0 spiro atoms. The van der Waals surface area contributed by atoms with E-state index in [0.717, 1.165) is 18.0 Å². The van der Waals surface area contributed by atoms with Crippen molar-refractivity contribution in [3.05, 3.63) is 17.5 Å². The summed E-state index contributed by atoms with van der Waals surface area (Å²) in [5.74, 6) is 0.847. The van der Waals surface area contributed by atoms with E-state index in [0.29, 0.717) is 0 Å². The maximum absolute atomic E-state index is 6.24. The summed E-state index contributed by atoms with van der Waals surface area (Å²) < 4.78 is 1.86. The first-order valence-electron chi connectivity index (χ1n) is 5.92. The molecule has 3 nitrogen and oxygen atoms in total. The Kier molecular flexibility index (Phi) is 3.10. The van der Waals surface area contributed by atoms with Crippen LogP contribution in [0.5, 0.6) is 0 Å². The lowest BCUT2D eigenvalue weighted by Crippen LogP contribution is -2.14. The van der Waals surface area contributed by atoms with Gasteiger partial charge in [0.05, 0.1) is 5.69 Å². The van der Waals surface area contributed by atoms with Gasteiger partial charge in [0.1, 0.15) is 0 Å². The van der Waals surface area contributed by atoms with Crippen LogP contribution in [0.4, 0.5) is 0 Å². The molecule has 1 fully saturated rings. The van der Waals surface area contributed by atoms with Gasteiger partial charge in [-0.05, 0) is 19.3 Å². The average Bonchev–Trinajstić information content (AvgIpc) is 2.75. The zero-order valence-corrected chi connectivity index (χ0v) is 9.74. The fourth-order valence-corrected chi connectivity index (χ4v) is 2.71. The predicted octanol–water partition coefficient (Wildman–Crippen LogP) is 2.31. The van der Waals surface area contributed by atoms with Crippen molar-refractivity contribution in [1.29, 1.82) is 0 Å². The molecule has 2 rings (SSSR count). The Morgan fingerprint density at radius 3 is 2.73 bits per heavy atom. The number of rotatable bonds is 3. The Balaban J connectivity index is 2.00. The number of nitrogens with two attached hydrogens (primary N) is 1. The molecular formula is C12H21N3. The molecule has 1 unspecified atom stereocenters. The summed E-state index contributed by atoms with van der Waals surface area (Å²) in [5, 5.41) is 4.34. The van der Waals surface area contributed by atoms with E-state index in [1.807, 2.05) is 18.7 Å². The van der Waals surface area contributed by atoms with E-state index >= 15 is 0 Å². The summed E-state index contributed by atoms with van der Waals surface area (Å²) >= 11 is 0. The quantitative estimate of drug-likeness (QED) is 0.826. The number of hydrogen-bond donors (Lipinski definition) is 1. The van der Waals surface area contributed by atoms with Crippen LogP contribution in [0.1, 0.15) is 49.4 Å². The van der Waals surface area contributed by atoms with Crippen LogP contribution in [0.3, 0.4) is 0 Å². The van der Waals surface area contributed by atoms with E-state index in [-0.39, 0.29) is 6.04 Å². The van der Waals surface area contributed by atoms with Crippen molar-refractivity contribution in [3.8, 4) is 0 Å². The highest BCUT2D eigenvalue weighted by atomic mass is 15.2. The topological polar surface area (TPSA) is 43.8 Å². The van der Waals surface area contributed by atoms with Crippen LogP contribution in [0.15, 0.2) is 6.20 Å². The molecule has 1 aliphatic carbocycles. The van der Waals surface area contributed by atoms with Gasteiger partial charge in [-0.3, -0.25) is 4.68 Å². The van der Waals surface area contributed by atoms with E-state index < -0.39 is 0 Å². The molecule has 84 valence electrons. The van der Waals surface area contributed by atoms with Gasteiger partial charge in [-0.25, -0.2) is 0 Å². The molecular weight excluding hydrogens is 186 g/mol. The lowest BCUT2D eigenvalue weighted by molar-refractivity contribution is 0.450. The standard InChI is InChI=1S/C12H21N3/c1-9-11(8-15(2)14-9)12(13)7-10-5-3-4-6-10/h8,10,12H,3-7,13H2,1-2H3. The Hall–Kier alpha value is -0.830. The molecule has 1 aromatic heterocycles. The van der Waals surface area contributed by atoms with Gasteiger partial charge in [0.15, 0.2) is 0 Å². The van der Waals surface area contributed by atoms with Gasteiger partial charge < -0.3 is 5.73 Å². The van der Waals surface area contributed by atoms with Crippen LogP contribution < -0.4 is 5.73 Å². The zero-order chi connectivity index (χ0) is 10.8. The summed E-state index contributed by atoms with van der Waals surface area (Å²) in [6.45, 7) is 2.05. The van der Waals surface area contributed by atoms with Crippen LogP contribution in [0, 0.1) is 12.8 Å². The van der Waals surface area contributed by atoms with E-state index in [2.05, 4.69) is 11.3 Å². The van der Waals surface area contributed by atoms with Gasteiger partial charge in [0.2, 0.25) is 0 Å². The summed E-state index contributed by atoms with van der Waals surface area (Å²) in [5.41, 5.74) is 8.55. The third-order valence-electron chi connectivity index (χ3n) is 3.51. The molecule has 1 aromatic rings. The van der Waals surface area contributed by atoms with Gasteiger partial charge in [-0.2, -0.15) is 5.10 Å². The molecule has 0 amide bonds. The van der Waals surface area contributed by atoms with Crippen LogP contribution >= 0.6 is 0 Å². The normalized spacial score (nSPS) is 19.7. The maximum atomic E-state index is 6.24. The van der Waals surface area contributed by atoms with Crippen molar-refractivity contribution in [3.63, 3.8) is 0 Å². The van der Waals surface area contributed by atoms with E-state index in [9.17, 15) is 0 Å². The third-order valence-corrected chi connectivity index (χ3v) is 3.51. The highest BCUT2D eigenvalue weighted by molar-refractivity contribution is 5.19.